The van der Waals surface area contributed by atoms with Gasteiger partial charge >= 0.3 is 4.87 Å². The molecule has 0 unspecified atom stereocenters. The molecule has 0 radical (unpaired) electrons. The van der Waals surface area contributed by atoms with Crippen LogP contribution in [0.25, 0.3) is 11.6 Å². The van der Waals surface area contributed by atoms with Gasteiger partial charge in [-0.2, -0.15) is 0 Å². The lowest BCUT2D eigenvalue weighted by Crippen LogP contribution is -2.13. The molecule has 0 atom stereocenters. The highest BCUT2D eigenvalue weighted by atomic mass is 35.5. The summed E-state index contributed by atoms with van der Waals surface area (Å²) in [4.78, 5) is 17.0. The van der Waals surface area contributed by atoms with E-state index in [1.165, 1.54) is 22.8 Å². The van der Waals surface area contributed by atoms with Crippen LogP contribution in [0.5, 0.6) is 5.88 Å². The van der Waals surface area contributed by atoms with Gasteiger partial charge in [-0.25, -0.2) is 4.39 Å². The van der Waals surface area contributed by atoms with Crippen molar-refractivity contribution in [3.05, 3.63) is 79.0 Å². The number of thiazole rings is 1. The van der Waals surface area contributed by atoms with Crippen molar-refractivity contribution in [2.75, 3.05) is 0 Å². The zero-order chi connectivity index (χ0) is 19.1. The molecule has 1 aliphatic heterocycles. The Balaban J connectivity index is 1.74. The van der Waals surface area contributed by atoms with E-state index in [9.17, 15) is 14.3 Å². The molecule has 4 nitrogen and oxygen atoms in total. The molecule has 0 amide bonds. The third kappa shape index (κ3) is 3.22. The summed E-state index contributed by atoms with van der Waals surface area (Å²) in [6.45, 7) is 1.95. The first-order valence-electron chi connectivity index (χ1n) is 8.17. The van der Waals surface area contributed by atoms with Gasteiger partial charge in [0.2, 0.25) is 5.88 Å². The van der Waals surface area contributed by atoms with Crippen LogP contribution in [0.2, 0.25) is 5.02 Å². The highest BCUT2D eigenvalue weighted by Crippen LogP contribution is 2.37. The van der Waals surface area contributed by atoms with E-state index in [1.807, 2.05) is 31.2 Å². The first-order valence-corrected chi connectivity index (χ1v) is 9.37. The third-order valence-electron chi connectivity index (χ3n) is 4.38. The molecule has 0 spiro atoms. The molecule has 7 heteroatoms. The van der Waals surface area contributed by atoms with Crippen LogP contribution in [0, 0.1) is 5.82 Å². The van der Waals surface area contributed by atoms with Crippen molar-refractivity contribution in [2.45, 2.75) is 13.5 Å². The Bertz CT molecular complexity index is 1180. The number of hydrogen-bond donors (Lipinski definition) is 1. The summed E-state index contributed by atoms with van der Waals surface area (Å²) < 4.78 is 14.4. The molecule has 1 N–H and O–H groups in total. The Morgan fingerprint density at radius 2 is 2.07 bits per heavy atom. The van der Waals surface area contributed by atoms with E-state index in [0.717, 1.165) is 33.9 Å². The van der Waals surface area contributed by atoms with Crippen molar-refractivity contribution in [1.82, 2.24) is 4.57 Å². The fourth-order valence-corrected chi connectivity index (χ4v) is 4.07. The van der Waals surface area contributed by atoms with Gasteiger partial charge in [0, 0.05) is 21.9 Å². The maximum atomic E-state index is 13.2. The topological polar surface area (TPSA) is 54.6 Å². The van der Waals surface area contributed by atoms with Gasteiger partial charge in [-0.1, -0.05) is 47.2 Å². The maximum absolute atomic E-state index is 13.2. The largest absolute Gasteiger partial charge is 0.493 e. The van der Waals surface area contributed by atoms with E-state index in [1.54, 1.807) is 6.08 Å². The van der Waals surface area contributed by atoms with Crippen LogP contribution in [0.1, 0.15) is 22.9 Å². The number of fused-ring (bicyclic) bond motifs is 1. The van der Waals surface area contributed by atoms with Crippen molar-refractivity contribution in [1.29, 1.82) is 0 Å². The summed E-state index contributed by atoms with van der Waals surface area (Å²) in [5, 5.41) is 10.8. The smallest absolute Gasteiger partial charge is 0.310 e. The summed E-state index contributed by atoms with van der Waals surface area (Å²) in [5.41, 5.74) is 4.07. The van der Waals surface area contributed by atoms with Crippen LogP contribution in [0.15, 0.2) is 52.3 Å². The van der Waals surface area contributed by atoms with E-state index in [0.29, 0.717) is 10.4 Å². The zero-order valence-corrected chi connectivity index (χ0v) is 15.8. The number of para-hydroxylation sites is 1. The van der Waals surface area contributed by atoms with Crippen LogP contribution in [0.3, 0.4) is 0 Å². The minimum Gasteiger partial charge on any atom is -0.493 e. The molecule has 1 aliphatic rings. The van der Waals surface area contributed by atoms with E-state index in [2.05, 4.69) is 4.99 Å². The number of halogens is 2. The number of aliphatic imine (C=N–C) groups is 1. The van der Waals surface area contributed by atoms with E-state index >= 15 is 0 Å². The van der Waals surface area contributed by atoms with Gasteiger partial charge in [0.25, 0.3) is 0 Å². The highest BCUT2D eigenvalue weighted by Gasteiger charge is 2.20. The Labute approximate surface area is 163 Å². The van der Waals surface area contributed by atoms with Crippen LogP contribution in [-0.4, -0.2) is 15.4 Å². The standard InChI is InChI=1S/C20H14ClFN2O2S/c1-11-15(14-4-2-3-5-17(14)23-11)9-18-19(25)24(20(26)27-18)10-12-6-7-13(22)8-16(12)21/h2-9,25H,10H2,1H3/b15-9+. The normalized spacial score (nSPS) is 14.5. The second-order valence-corrected chi connectivity index (χ2v) is 7.55. The second kappa shape index (κ2) is 6.79. The van der Waals surface area contributed by atoms with Crippen molar-refractivity contribution in [2.24, 2.45) is 4.99 Å². The Morgan fingerprint density at radius 1 is 1.30 bits per heavy atom. The Kier molecular flexibility index (Phi) is 4.45. The van der Waals surface area contributed by atoms with Gasteiger partial charge in [0.05, 0.1) is 17.1 Å². The molecule has 0 fully saturated rings. The first-order chi connectivity index (χ1) is 12.9. The number of nitrogens with zero attached hydrogens (tertiary/aromatic N) is 2. The molecule has 2 aromatic carbocycles. The molecule has 2 heterocycles. The quantitative estimate of drug-likeness (QED) is 0.664. The van der Waals surface area contributed by atoms with E-state index in [-0.39, 0.29) is 22.3 Å². The Hall–Kier alpha value is -2.70. The average molecular weight is 401 g/mol. The van der Waals surface area contributed by atoms with Gasteiger partial charge in [0.15, 0.2) is 0 Å². The summed E-state index contributed by atoms with van der Waals surface area (Å²) in [6, 6.07) is 11.7. The molecule has 0 aliphatic carbocycles. The number of benzene rings is 2. The molecule has 0 bridgehead atoms. The molecule has 0 saturated heterocycles. The zero-order valence-electron chi connectivity index (χ0n) is 14.2. The van der Waals surface area contributed by atoms with Gasteiger partial charge in [-0.15, -0.1) is 0 Å². The summed E-state index contributed by atoms with van der Waals surface area (Å²) in [5.74, 6) is -0.596. The molecule has 1 aromatic heterocycles. The predicted molar refractivity (Wildman–Crippen MR) is 108 cm³/mol. The Morgan fingerprint density at radius 3 is 2.85 bits per heavy atom. The molecule has 27 heavy (non-hydrogen) atoms. The molecular formula is C20H14ClFN2O2S. The van der Waals surface area contributed by atoms with Crippen LogP contribution >= 0.6 is 22.9 Å². The predicted octanol–water partition coefficient (Wildman–Crippen LogP) is 5.10. The lowest BCUT2D eigenvalue weighted by molar-refractivity contribution is 0.420. The third-order valence-corrected chi connectivity index (χ3v) is 5.65. The number of allylic oxidation sites excluding steroid dienone is 1. The number of rotatable bonds is 3. The lowest BCUT2D eigenvalue weighted by Gasteiger charge is -2.06. The summed E-state index contributed by atoms with van der Waals surface area (Å²) >= 11 is 6.98. The van der Waals surface area contributed by atoms with Gasteiger partial charge in [0.1, 0.15) is 5.82 Å². The monoisotopic (exact) mass is 400 g/mol. The van der Waals surface area contributed by atoms with Gasteiger partial charge in [-0.05, 0) is 36.8 Å². The van der Waals surface area contributed by atoms with Crippen molar-refractivity contribution in [3.8, 4) is 5.88 Å². The van der Waals surface area contributed by atoms with Gasteiger partial charge < -0.3 is 5.11 Å². The molecule has 136 valence electrons. The van der Waals surface area contributed by atoms with Crippen molar-refractivity contribution < 1.29 is 9.50 Å². The maximum Gasteiger partial charge on any atom is 0.310 e. The molecule has 4 rings (SSSR count). The van der Waals surface area contributed by atoms with Crippen molar-refractivity contribution >= 4 is 46.0 Å². The lowest BCUT2D eigenvalue weighted by atomic mass is 10.0. The fourth-order valence-electron chi connectivity index (χ4n) is 3.02. The highest BCUT2D eigenvalue weighted by molar-refractivity contribution is 7.10. The van der Waals surface area contributed by atoms with Gasteiger partial charge in [-0.3, -0.25) is 14.4 Å². The second-order valence-electron chi connectivity index (χ2n) is 6.15. The minimum absolute atomic E-state index is 0.0626. The van der Waals surface area contributed by atoms with Crippen LogP contribution in [-0.2, 0) is 6.54 Å². The summed E-state index contributed by atoms with van der Waals surface area (Å²) in [7, 11) is 0. The average Bonchev–Trinajstić information content (AvgIpc) is 3.08. The van der Waals surface area contributed by atoms with Crippen LogP contribution in [0.4, 0.5) is 10.1 Å². The first kappa shape index (κ1) is 17.7. The minimum atomic E-state index is -0.453. The van der Waals surface area contributed by atoms with E-state index < -0.39 is 5.82 Å². The van der Waals surface area contributed by atoms with Crippen LogP contribution < -0.4 is 4.87 Å². The number of aromatic nitrogens is 1. The number of aromatic hydroxyl groups is 1. The van der Waals surface area contributed by atoms with E-state index in [4.69, 9.17) is 11.6 Å². The fraction of sp³-hybridized carbons (Fsp3) is 0.100. The SMILES string of the molecule is CC1=Nc2ccccc2/C1=C/c1sc(=O)n(Cc2ccc(F)cc2Cl)c1O. The number of hydrogen-bond acceptors (Lipinski definition) is 4. The molecular weight excluding hydrogens is 387 g/mol. The molecule has 3 aromatic rings. The van der Waals surface area contributed by atoms with Crippen molar-refractivity contribution in [3.63, 3.8) is 0 Å². The molecule has 0 saturated carbocycles. The summed E-state index contributed by atoms with van der Waals surface area (Å²) in [6.07, 6.45) is 1.77.